The van der Waals surface area contributed by atoms with Crippen LogP contribution in [0.3, 0.4) is 0 Å². The van der Waals surface area contributed by atoms with E-state index in [1.165, 1.54) is 18.2 Å². The van der Waals surface area contributed by atoms with E-state index in [0.29, 0.717) is 5.82 Å². The molecule has 6 heteroatoms. The summed E-state index contributed by atoms with van der Waals surface area (Å²) in [5, 5.41) is 2.62. The first kappa shape index (κ1) is 14.2. The SMILES string of the molecule is Cc1ccc(NC(=O)c2cccc(S(C)(=O)=O)c2)nc1. The van der Waals surface area contributed by atoms with E-state index in [1.54, 1.807) is 18.3 Å². The molecule has 1 heterocycles. The molecule has 104 valence electrons. The minimum Gasteiger partial charge on any atom is -0.307 e. The van der Waals surface area contributed by atoms with Gasteiger partial charge in [-0.1, -0.05) is 12.1 Å². The van der Waals surface area contributed by atoms with Crippen LogP contribution in [0.5, 0.6) is 0 Å². The first-order valence-corrected chi connectivity index (χ1v) is 7.79. The van der Waals surface area contributed by atoms with Gasteiger partial charge < -0.3 is 5.32 Å². The van der Waals surface area contributed by atoms with E-state index in [1.807, 2.05) is 13.0 Å². The molecule has 0 saturated carbocycles. The summed E-state index contributed by atoms with van der Waals surface area (Å²) in [7, 11) is -3.33. The van der Waals surface area contributed by atoms with Crippen LogP contribution in [0.25, 0.3) is 0 Å². The van der Waals surface area contributed by atoms with E-state index in [9.17, 15) is 13.2 Å². The number of nitrogens with zero attached hydrogens (tertiary/aromatic N) is 1. The number of sulfone groups is 1. The predicted octanol–water partition coefficient (Wildman–Crippen LogP) is 2.05. The van der Waals surface area contributed by atoms with Crippen molar-refractivity contribution in [3.8, 4) is 0 Å². The molecule has 0 aliphatic heterocycles. The van der Waals surface area contributed by atoms with Crippen LogP contribution >= 0.6 is 0 Å². The van der Waals surface area contributed by atoms with Crippen LogP contribution in [-0.4, -0.2) is 25.6 Å². The topological polar surface area (TPSA) is 76.1 Å². The molecule has 0 spiro atoms. The average Bonchev–Trinajstić information content (AvgIpc) is 2.40. The van der Waals surface area contributed by atoms with Crippen molar-refractivity contribution in [3.63, 3.8) is 0 Å². The number of aromatic nitrogens is 1. The lowest BCUT2D eigenvalue weighted by Gasteiger charge is -2.06. The quantitative estimate of drug-likeness (QED) is 0.938. The molecule has 1 N–H and O–H groups in total. The highest BCUT2D eigenvalue weighted by molar-refractivity contribution is 7.90. The number of carbonyl (C=O) groups excluding carboxylic acids is 1. The lowest BCUT2D eigenvalue weighted by Crippen LogP contribution is -2.13. The molecule has 0 unspecified atom stereocenters. The van der Waals surface area contributed by atoms with Crippen molar-refractivity contribution in [2.75, 3.05) is 11.6 Å². The van der Waals surface area contributed by atoms with Gasteiger partial charge in [0, 0.05) is 18.0 Å². The largest absolute Gasteiger partial charge is 0.307 e. The second-order valence-corrected chi connectivity index (χ2v) is 6.49. The zero-order valence-corrected chi connectivity index (χ0v) is 11.9. The number of amides is 1. The van der Waals surface area contributed by atoms with Gasteiger partial charge in [-0.3, -0.25) is 4.79 Å². The molecule has 1 aromatic carbocycles. The standard InChI is InChI=1S/C14H14N2O3S/c1-10-6-7-13(15-9-10)16-14(17)11-4-3-5-12(8-11)20(2,18)19/h3-9H,1-2H3,(H,15,16,17). The van der Waals surface area contributed by atoms with E-state index in [2.05, 4.69) is 10.3 Å². The summed E-state index contributed by atoms with van der Waals surface area (Å²) < 4.78 is 22.9. The van der Waals surface area contributed by atoms with Crippen molar-refractivity contribution >= 4 is 21.6 Å². The highest BCUT2D eigenvalue weighted by Crippen LogP contribution is 2.13. The third-order valence-electron chi connectivity index (χ3n) is 2.68. The Morgan fingerprint density at radius 2 is 1.95 bits per heavy atom. The number of carbonyl (C=O) groups is 1. The zero-order valence-electron chi connectivity index (χ0n) is 11.1. The number of hydrogen-bond acceptors (Lipinski definition) is 4. The first-order chi connectivity index (χ1) is 9.36. The van der Waals surface area contributed by atoms with Gasteiger partial charge in [0.25, 0.3) is 5.91 Å². The second-order valence-electron chi connectivity index (χ2n) is 4.47. The fraction of sp³-hybridized carbons (Fsp3) is 0.143. The van der Waals surface area contributed by atoms with Crippen molar-refractivity contribution in [2.24, 2.45) is 0 Å². The van der Waals surface area contributed by atoms with Gasteiger partial charge in [-0.05, 0) is 36.8 Å². The van der Waals surface area contributed by atoms with Crippen LogP contribution < -0.4 is 5.32 Å². The minimum absolute atomic E-state index is 0.113. The zero-order chi connectivity index (χ0) is 14.8. The van der Waals surface area contributed by atoms with Gasteiger partial charge in [0.05, 0.1) is 4.90 Å². The third kappa shape index (κ3) is 3.42. The van der Waals surface area contributed by atoms with E-state index in [-0.39, 0.29) is 10.5 Å². The van der Waals surface area contributed by atoms with E-state index >= 15 is 0 Å². The summed E-state index contributed by atoms with van der Waals surface area (Å²) in [6.45, 7) is 1.90. The molecular formula is C14H14N2O3S. The summed E-state index contributed by atoms with van der Waals surface area (Å²) >= 11 is 0. The van der Waals surface area contributed by atoms with Crippen molar-refractivity contribution in [2.45, 2.75) is 11.8 Å². The summed E-state index contributed by atoms with van der Waals surface area (Å²) in [5.74, 6) is 0.0252. The Morgan fingerprint density at radius 3 is 2.55 bits per heavy atom. The van der Waals surface area contributed by atoms with Crippen molar-refractivity contribution < 1.29 is 13.2 Å². The van der Waals surface area contributed by atoms with Gasteiger partial charge in [-0.2, -0.15) is 0 Å². The Balaban J connectivity index is 2.23. The predicted molar refractivity (Wildman–Crippen MR) is 76.5 cm³/mol. The average molecular weight is 290 g/mol. The maximum Gasteiger partial charge on any atom is 0.256 e. The fourth-order valence-corrected chi connectivity index (χ4v) is 2.27. The van der Waals surface area contributed by atoms with E-state index < -0.39 is 15.7 Å². The molecule has 1 amide bonds. The summed E-state index contributed by atoms with van der Waals surface area (Å²) in [6.07, 6.45) is 2.74. The van der Waals surface area contributed by atoms with Crippen LogP contribution in [0.4, 0.5) is 5.82 Å². The maximum atomic E-state index is 12.0. The molecule has 5 nitrogen and oxygen atoms in total. The first-order valence-electron chi connectivity index (χ1n) is 5.90. The monoisotopic (exact) mass is 290 g/mol. The van der Waals surface area contributed by atoms with E-state index in [0.717, 1.165) is 11.8 Å². The number of hydrogen-bond donors (Lipinski definition) is 1. The van der Waals surface area contributed by atoms with Crippen molar-refractivity contribution in [3.05, 3.63) is 53.7 Å². The van der Waals surface area contributed by atoms with Crippen LogP contribution in [-0.2, 0) is 9.84 Å². The number of aryl methyl sites for hydroxylation is 1. The van der Waals surface area contributed by atoms with E-state index in [4.69, 9.17) is 0 Å². The molecule has 0 fully saturated rings. The van der Waals surface area contributed by atoms with Crippen molar-refractivity contribution in [1.29, 1.82) is 0 Å². The number of nitrogens with one attached hydrogen (secondary N) is 1. The van der Waals surface area contributed by atoms with Gasteiger partial charge in [0.15, 0.2) is 9.84 Å². The van der Waals surface area contributed by atoms with Gasteiger partial charge >= 0.3 is 0 Å². The van der Waals surface area contributed by atoms with Gasteiger partial charge in [-0.25, -0.2) is 13.4 Å². The Labute approximate surface area is 117 Å². The molecule has 2 rings (SSSR count). The Kier molecular flexibility index (Phi) is 3.85. The Hall–Kier alpha value is -2.21. The van der Waals surface area contributed by atoms with Crippen LogP contribution in [0, 0.1) is 6.92 Å². The van der Waals surface area contributed by atoms with Gasteiger partial charge in [0.1, 0.15) is 5.82 Å². The molecule has 1 aromatic heterocycles. The van der Waals surface area contributed by atoms with Gasteiger partial charge in [-0.15, -0.1) is 0 Å². The second kappa shape index (κ2) is 5.42. The molecule has 0 aliphatic rings. The molecule has 0 aliphatic carbocycles. The molecule has 0 saturated heterocycles. The lowest BCUT2D eigenvalue weighted by atomic mass is 10.2. The van der Waals surface area contributed by atoms with Crippen LogP contribution in [0.15, 0.2) is 47.5 Å². The number of pyridine rings is 1. The third-order valence-corrected chi connectivity index (χ3v) is 3.79. The van der Waals surface area contributed by atoms with Crippen LogP contribution in [0.1, 0.15) is 15.9 Å². The van der Waals surface area contributed by atoms with Gasteiger partial charge in [0.2, 0.25) is 0 Å². The van der Waals surface area contributed by atoms with Crippen LogP contribution in [0.2, 0.25) is 0 Å². The molecule has 20 heavy (non-hydrogen) atoms. The fourth-order valence-electron chi connectivity index (χ4n) is 1.60. The molecular weight excluding hydrogens is 276 g/mol. The number of rotatable bonds is 3. The Morgan fingerprint density at radius 1 is 1.20 bits per heavy atom. The lowest BCUT2D eigenvalue weighted by molar-refractivity contribution is 0.102. The number of benzene rings is 1. The highest BCUT2D eigenvalue weighted by Gasteiger charge is 2.12. The normalized spacial score (nSPS) is 11.1. The number of anilines is 1. The summed E-state index contributed by atoms with van der Waals surface area (Å²) in [6, 6.07) is 9.41. The molecule has 0 bridgehead atoms. The van der Waals surface area contributed by atoms with Crippen molar-refractivity contribution in [1.82, 2.24) is 4.98 Å². The smallest absolute Gasteiger partial charge is 0.256 e. The summed E-state index contributed by atoms with van der Waals surface area (Å²) in [5.41, 5.74) is 1.26. The molecule has 2 aromatic rings. The molecule has 0 atom stereocenters. The highest BCUT2D eigenvalue weighted by atomic mass is 32.2. The molecule has 0 radical (unpaired) electrons. The minimum atomic E-state index is -3.33. The Bertz CT molecular complexity index is 737. The summed E-state index contributed by atoms with van der Waals surface area (Å²) in [4.78, 5) is 16.2. The maximum absolute atomic E-state index is 12.0.